The van der Waals surface area contributed by atoms with Crippen molar-refractivity contribution in [2.45, 2.75) is 31.6 Å². The van der Waals surface area contributed by atoms with Crippen LogP contribution in [0.1, 0.15) is 25.7 Å². The van der Waals surface area contributed by atoms with Crippen LogP contribution in [0, 0.1) is 5.92 Å². The summed E-state index contributed by atoms with van der Waals surface area (Å²) in [6.07, 6.45) is 4.18. The molecule has 1 aliphatic heterocycles. The van der Waals surface area contributed by atoms with Crippen molar-refractivity contribution >= 4 is 0 Å². The molecule has 1 saturated carbocycles. The first-order valence-electron chi connectivity index (χ1n) is 4.96. The highest BCUT2D eigenvalue weighted by atomic mass is 19.3. The minimum Gasteiger partial charge on any atom is -0.309 e. The quantitative estimate of drug-likeness (QED) is 0.621. The normalized spacial score (nSPS) is 32.5. The summed E-state index contributed by atoms with van der Waals surface area (Å²) < 4.78 is 26.6. The summed E-state index contributed by atoms with van der Waals surface area (Å²) in [5, 5.41) is 3.06. The van der Waals surface area contributed by atoms with E-state index in [9.17, 15) is 8.78 Å². The van der Waals surface area contributed by atoms with Crippen LogP contribution in [0.5, 0.6) is 0 Å². The lowest BCUT2D eigenvalue weighted by molar-refractivity contribution is -0.0678. The van der Waals surface area contributed by atoms with Gasteiger partial charge in [0.05, 0.1) is 0 Å². The fourth-order valence-corrected chi connectivity index (χ4v) is 2.00. The average Bonchev–Trinajstić information content (AvgIpc) is 1.98. The molecule has 3 heteroatoms. The van der Waals surface area contributed by atoms with E-state index in [4.69, 9.17) is 0 Å². The number of halogens is 2. The molecule has 0 spiro atoms. The van der Waals surface area contributed by atoms with E-state index in [1.807, 2.05) is 0 Å². The molecule has 1 N–H and O–H groups in total. The number of allylic oxidation sites excluding steroid dienone is 1. The van der Waals surface area contributed by atoms with Crippen molar-refractivity contribution in [3.63, 3.8) is 0 Å². The molecule has 2 rings (SSSR count). The van der Waals surface area contributed by atoms with Crippen molar-refractivity contribution in [1.29, 1.82) is 0 Å². The maximum Gasteiger partial charge on any atom is 0.254 e. The van der Waals surface area contributed by atoms with Gasteiger partial charge in [0, 0.05) is 25.4 Å². The van der Waals surface area contributed by atoms with Crippen LogP contribution in [-0.2, 0) is 0 Å². The van der Waals surface area contributed by atoms with E-state index in [0.29, 0.717) is 12.8 Å². The van der Waals surface area contributed by atoms with Gasteiger partial charge in [-0.2, -0.15) is 0 Å². The number of hydrogen-bond acceptors (Lipinski definition) is 1. The third kappa shape index (κ3) is 1.90. The zero-order chi connectivity index (χ0) is 9.31. The SMILES string of the molecule is FC1(F)CCCCC1C=C1CNC1. The molecule has 1 nitrogen and oxygen atoms in total. The maximum absolute atomic E-state index is 13.3. The fraction of sp³-hybridized carbons (Fsp3) is 0.800. The third-order valence-corrected chi connectivity index (χ3v) is 2.96. The molecule has 0 amide bonds. The Morgan fingerprint density at radius 2 is 2.08 bits per heavy atom. The molecular formula is C10H15F2N. The monoisotopic (exact) mass is 187 g/mol. The Labute approximate surface area is 77.2 Å². The summed E-state index contributed by atoms with van der Waals surface area (Å²) in [7, 11) is 0. The summed E-state index contributed by atoms with van der Waals surface area (Å²) >= 11 is 0. The highest BCUT2D eigenvalue weighted by molar-refractivity contribution is 5.17. The van der Waals surface area contributed by atoms with E-state index in [-0.39, 0.29) is 6.42 Å². The minimum atomic E-state index is -2.44. The van der Waals surface area contributed by atoms with Crippen LogP contribution in [0.25, 0.3) is 0 Å². The predicted octanol–water partition coefficient (Wildman–Crippen LogP) is 2.34. The van der Waals surface area contributed by atoms with Crippen LogP contribution < -0.4 is 5.32 Å². The number of rotatable bonds is 1. The Kier molecular flexibility index (Phi) is 2.37. The molecule has 0 radical (unpaired) electrons. The van der Waals surface area contributed by atoms with Crippen LogP contribution in [-0.4, -0.2) is 19.0 Å². The molecule has 0 aromatic rings. The van der Waals surface area contributed by atoms with Crippen LogP contribution in [0.2, 0.25) is 0 Å². The zero-order valence-electron chi connectivity index (χ0n) is 7.65. The number of alkyl halides is 2. The first-order chi connectivity index (χ1) is 6.18. The van der Waals surface area contributed by atoms with Crippen molar-refractivity contribution in [2.75, 3.05) is 13.1 Å². The summed E-state index contributed by atoms with van der Waals surface area (Å²) in [6, 6.07) is 0. The van der Waals surface area contributed by atoms with Crippen molar-refractivity contribution in [3.8, 4) is 0 Å². The van der Waals surface area contributed by atoms with Gasteiger partial charge in [-0.25, -0.2) is 8.78 Å². The molecule has 1 saturated heterocycles. The maximum atomic E-state index is 13.3. The molecule has 2 fully saturated rings. The Morgan fingerprint density at radius 3 is 2.62 bits per heavy atom. The van der Waals surface area contributed by atoms with E-state index in [1.54, 1.807) is 6.08 Å². The van der Waals surface area contributed by atoms with Crippen LogP contribution in [0.15, 0.2) is 11.6 Å². The van der Waals surface area contributed by atoms with Gasteiger partial charge in [0.15, 0.2) is 0 Å². The first-order valence-corrected chi connectivity index (χ1v) is 4.96. The predicted molar refractivity (Wildman–Crippen MR) is 47.9 cm³/mol. The van der Waals surface area contributed by atoms with Crippen molar-refractivity contribution in [1.82, 2.24) is 5.32 Å². The number of hydrogen-bond donors (Lipinski definition) is 1. The largest absolute Gasteiger partial charge is 0.309 e. The van der Waals surface area contributed by atoms with E-state index in [0.717, 1.165) is 25.1 Å². The van der Waals surface area contributed by atoms with E-state index in [2.05, 4.69) is 5.32 Å². The molecule has 1 unspecified atom stereocenters. The molecule has 1 atom stereocenters. The van der Waals surface area contributed by atoms with Crippen LogP contribution in [0.4, 0.5) is 8.78 Å². The molecular weight excluding hydrogens is 172 g/mol. The Balaban J connectivity index is 2.02. The highest BCUT2D eigenvalue weighted by Gasteiger charge is 2.40. The second-order valence-electron chi connectivity index (χ2n) is 4.04. The van der Waals surface area contributed by atoms with Gasteiger partial charge in [0.2, 0.25) is 0 Å². The summed E-state index contributed by atoms with van der Waals surface area (Å²) in [6.45, 7) is 1.62. The Bertz CT molecular complexity index is 217. The van der Waals surface area contributed by atoms with Gasteiger partial charge in [-0.3, -0.25) is 0 Å². The van der Waals surface area contributed by atoms with E-state index in [1.165, 1.54) is 0 Å². The van der Waals surface area contributed by atoms with E-state index >= 15 is 0 Å². The van der Waals surface area contributed by atoms with Gasteiger partial charge in [-0.15, -0.1) is 0 Å². The van der Waals surface area contributed by atoms with Crippen molar-refractivity contribution < 1.29 is 8.78 Å². The van der Waals surface area contributed by atoms with Gasteiger partial charge in [0.1, 0.15) is 0 Å². The summed E-state index contributed by atoms with van der Waals surface area (Å²) in [5.41, 5.74) is 1.16. The molecule has 1 aliphatic carbocycles. The summed E-state index contributed by atoms with van der Waals surface area (Å²) in [5.74, 6) is -2.93. The van der Waals surface area contributed by atoms with Crippen molar-refractivity contribution in [3.05, 3.63) is 11.6 Å². The van der Waals surface area contributed by atoms with Gasteiger partial charge in [-0.1, -0.05) is 12.5 Å². The lowest BCUT2D eigenvalue weighted by Gasteiger charge is -2.31. The van der Waals surface area contributed by atoms with Gasteiger partial charge in [-0.05, 0) is 18.4 Å². The Hall–Kier alpha value is -0.440. The second-order valence-corrected chi connectivity index (χ2v) is 4.04. The molecule has 13 heavy (non-hydrogen) atoms. The topological polar surface area (TPSA) is 12.0 Å². The first kappa shape index (κ1) is 9.13. The van der Waals surface area contributed by atoms with Crippen LogP contribution >= 0.6 is 0 Å². The summed E-state index contributed by atoms with van der Waals surface area (Å²) in [4.78, 5) is 0. The number of nitrogens with one attached hydrogen (secondary N) is 1. The van der Waals surface area contributed by atoms with Crippen molar-refractivity contribution in [2.24, 2.45) is 5.92 Å². The lowest BCUT2D eigenvalue weighted by Crippen LogP contribution is -2.37. The van der Waals surface area contributed by atoms with E-state index < -0.39 is 11.8 Å². The third-order valence-electron chi connectivity index (χ3n) is 2.96. The molecule has 2 aliphatic rings. The molecule has 0 bridgehead atoms. The minimum absolute atomic E-state index is 0.0782. The fourth-order valence-electron chi connectivity index (χ4n) is 2.00. The second kappa shape index (κ2) is 3.37. The van der Waals surface area contributed by atoms with Gasteiger partial charge < -0.3 is 5.32 Å². The molecule has 0 aromatic carbocycles. The smallest absolute Gasteiger partial charge is 0.254 e. The zero-order valence-corrected chi connectivity index (χ0v) is 7.65. The molecule has 74 valence electrons. The van der Waals surface area contributed by atoms with Gasteiger partial charge >= 0.3 is 0 Å². The highest BCUT2D eigenvalue weighted by Crippen LogP contribution is 2.39. The average molecular weight is 187 g/mol. The van der Waals surface area contributed by atoms with Crippen LogP contribution in [0.3, 0.4) is 0 Å². The molecule has 0 aromatic heterocycles. The standard InChI is InChI=1S/C10H15F2N/c11-10(12)4-2-1-3-9(10)5-8-6-13-7-8/h5,9,13H,1-4,6-7H2. The Morgan fingerprint density at radius 1 is 1.31 bits per heavy atom. The molecule has 1 heterocycles. The lowest BCUT2D eigenvalue weighted by atomic mass is 9.84. The van der Waals surface area contributed by atoms with Gasteiger partial charge in [0.25, 0.3) is 5.92 Å².